The van der Waals surface area contributed by atoms with Gasteiger partial charge < -0.3 is 10.4 Å². The van der Waals surface area contributed by atoms with E-state index in [1.54, 1.807) is 4.68 Å². The van der Waals surface area contributed by atoms with Gasteiger partial charge >= 0.3 is 0 Å². The molecule has 0 spiro atoms. The van der Waals surface area contributed by atoms with E-state index in [9.17, 15) is 0 Å². The van der Waals surface area contributed by atoms with Crippen molar-refractivity contribution in [2.24, 2.45) is 0 Å². The van der Waals surface area contributed by atoms with Crippen LogP contribution in [0.1, 0.15) is 20.9 Å². The van der Waals surface area contributed by atoms with Gasteiger partial charge in [0.25, 0.3) is 0 Å². The maximum atomic E-state index is 8.81. The molecule has 2 N–H and O–H groups in total. The van der Waals surface area contributed by atoms with E-state index in [1.807, 2.05) is 23.7 Å². The normalized spacial score (nSPS) is 11.1. The van der Waals surface area contributed by atoms with Crippen LogP contribution in [0, 0.1) is 13.8 Å². The second kappa shape index (κ2) is 6.13. The summed E-state index contributed by atoms with van der Waals surface area (Å²) in [6.45, 7) is 6.69. The Morgan fingerprint density at radius 2 is 2.22 bits per heavy atom. The van der Waals surface area contributed by atoms with Crippen molar-refractivity contribution in [1.82, 2.24) is 15.1 Å². The van der Waals surface area contributed by atoms with Gasteiger partial charge in [-0.25, -0.2) is 0 Å². The molecular weight excluding hydrogens is 246 g/mol. The molecule has 0 fully saturated rings. The van der Waals surface area contributed by atoms with Crippen molar-refractivity contribution in [3.8, 4) is 0 Å². The average Bonchev–Trinajstić information content (AvgIpc) is 2.88. The van der Waals surface area contributed by atoms with E-state index in [0.29, 0.717) is 6.54 Å². The molecule has 5 heteroatoms. The van der Waals surface area contributed by atoms with Gasteiger partial charge in [-0.3, -0.25) is 4.68 Å². The number of hydrogen-bond acceptors (Lipinski definition) is 4. The molecule has 4 nitrogen and oxygen atoms in total. The molecule has 0 aliphatic heterocycles. The predicted octanol–water partition coefficient (Wildman–Crippen LogP) is 1.84. The number of aliphatic hydroxyl groups is 1. The van der Waals surface area contributed by atoms with Crippen LogP contribution >= 0.6 is 11.3 Å². The van der Waals surface area contributed by atoms with E-state index < -0.39 is 0 Å². The fourth-order valence-electron chi connectivity index (χ4n) is 1.79. The van der Waals surface area contributed by atoms with Gasteiger partial charge in [-0.15, -0.1) is 11.3 Å². The fraction of sp³-hybridized carbons (Fsp3) is 0.462. The summed E-state index contributed by atoms with van der Waals surface area (Å²) in [7, 11) is 0. The molecule has 2 rings (SSSR count). The first kappa shape index (κ1) is 13.3. The van der Waals surface area contributed by atoms with Crippen LogP contribution in [0.25, 0.3) is 0 Å². The lowest BCUT2D eigenvalue weighted by atomic mass is 10.3. The highest BCUT2D eigenvalue weighted by Crippen LogP contribution is 2.20. The Balaban J connectivity index is 1.80. The Morgan fingerprint density at radius 3 is 2.89 bits per heavy atom. The summed E-state index contributed by atoms with van der Waals surface area (Å²) in [6.07, 6.45) is 3.81. The number of rotatable bonds is 6. The Hall–Kier alpha value is -1.17. The summed E-state index contributed by atoms with van der Waals surface area (Å²) in [5.41, 5.74) is 2.51. The summed E-state index contributed by atoms with van der Waals surface area (Å²) in [6, 6.07) is 2.24. The van der Waals surface area contributed by atoms with Crippen molar-refractivity contribution < 1.29 is 5.11 Å². The van der Waals surface area contributed by atoms with Crippen molar-refractivity contribution in [1.29, 1.82) is 0 Å². The Labute approximate surface area is 111 Å². The largest absolute Gasteiger partial charge is 0.394 e. The molecule has 2 aromatic rings. The van der Waals surface area contributed by atoms with E-state index in [4.69, 9.17) is 5.11 Å². The zero-order valence-electron chi connectivity index (χ0n) is 10.8. The third kappa shape index (κ3) is 3.41. The zero-order valence-corrected chi connectivity index (χ0v) is 11.6. The highest BCUT2D eigenvalue weighted by Gasteiger charge is 2.02. The number of aliphatic hydroxyl groups excluding tert-OH is 1. The maximum Gasteiger partial charge on any atom is 0.0640 e. The molecule has 18 heavy (non-hydrogen) atoms. The van der Waals surface area contributed by atoms with Crippen molar-refractivity contribution in [2.75, 3.05) is 6.61 Å². The number of aryl methyl sites for hydroxylation is 2. The van der Waals surface area contributed by atoms with E-state index in [0.717, 1.165) is 18.7 Å². The first-order valence-electron chi connectivity index (χ1n) is 6.08. The first-order chi connectivity index (χ1) is 8.69. The fourth-order valence-corrected chi connectivity index (χ4v) is 2.81. The molecule has 2 heterocycles. The number of thiophene rings is 1. The molecule has 0 aliphatic carbocycles. The number of nitrogens with one attached hydrogen (secondary N) is 1. The highest BCUT2D eigenvalue weighted by molar-refractivity contribution is 7.12. The predicted molar refractivity (Wildman–Crippen MR) is 73.6 cm³/mol. The van der Waals surface area contributed by atoms with Crippen molar-refractivity contribution in [3.05, 3.63) is 39.3 Å². The molecule has 98 valence electrons. The van der Waals surface area contributed by atoms with Crippen LogP contribution in [0.15, 0.2) is 18.5 Å². The van der Waals surface area contributed by atoms with Crippen LogP contribution in [0.5, 0.6) is 0 Å². The van der Waals surface area contributed by atoms with Gasteiger partial charge in [0.05, 0.1) is 19.3 Å². The van der Waals surface area contributed by atoms with Crippen molar-refractivity contribution >= 4 is 11.3 Å². The van der Waals surface area contributed by atoms with Gasteiger partial charge in [-0.1, -0.05) is 0 Å². The SMILES string of the molecule is Cc1cc(CNCc2cnn(CCO)c2)sc1C. The van der Waals surface area contributed by atoms with Gasteiger partial charge in [0.15, 0.2) is 0 Å². The lowest BCUT2D eigenvalue weighted by Crippen LogP contribution is -2.11. The molecular formula is C13H19N3OS. The van der Waals surface area contributed by atoms with Crippen LogP contribution in [-0.4, -0.2) is 21.5 Å². The smallest absolute Gasteiger partial charge is 0.0640 e. The summed E-state index contributed by atoms with van der Waals surface area (Å²) < 4.78 is 1.76. The summed E-state index contributed by atoms with van der Waals surface area (Å²) >= 11 is 1.85. The molecule has 0 aliphatic rings. The minimum Gasteiger partial charge on any atom is -0.394 e. The molecule has 0 aromatic carbocycles. The lowest BCUT2D eigenvalue weighted by Gasteiger charge is -2.00. The standard InChI is InChI=1S/C13H19N3OS/c1-10-5-13(18-11(10)2)8-14-6-12-7-15-16(9-12)3-4-17/h5,7,9,14,17H,3-4,6,8H2,1-2H3. The zero-order chi connectivity index (χ0) is 13.0. The van der Waals surface area contributed by atoms with Crippen LogP contribution in [-0.2, 0) is 19.6 Å². The highest BCUT2D eigenvalue weighted by atomic mass is 32.1. The molecule has 0 bridgehead atoms. The molecule has 0 radical (unpaired) electrons. The summed E-state index contributed by atoms with van der Waals surface area (Å²) in [4.78, 5) is 2.76. The molecule has 0 saturated heterocycles. The molecule has 0 atom stereocenters. The Bertz CT molecular complexity index is 485. The van der Waals surface area contributed by atoms with Gasteiger partial charge in [0.2, 0.25) is 0 Å². The average molecular weight is 265 g/mol. The minimum absolute atomic E-state index is 0.127. The lowest BCUT2D eigenvalue weighted by molar-refractivity contribution is 0.269. The first-order valence-corrected chi connectivity index (χ1v) is 6.89. The van der Waals surface area contributed by atoms with Crippen molar-refractivity contribution in [2.45, 2.75) is 33.5 Å². The topological polar surface area (TPSA) is 50.1 Å². The maximum absolute atomic E-state index is 8.81. The van der Waals surface area contributed by atoms with E-state index >= 15 is 0 Å². The molecule has 0 amide bonds. The summed E-state index contributed by atoms with van der Waals surface area (Å²) in [5.74, 6) is 0. The Kier molecular flexibility index (Phi) is 4.52. The number of nitrogens with zero attached hydrogens (tertiary/aromatic N) is 2. The third-order valence-electron chi connectivity index (χ3n) is 2.86. The van der Waals surface area contributed by atoms with Crippen LogP contribution < -0.4 is 5.32 Å². The van der Waals surface area contributed by atoms with Crippen molar-refractivity contribution in [3.63, 3.8) is 0 Å². The second-order valence-electron chi connectivity index (χ2n) is 4.39. The Morgan fingerprint density at radius 1 is 1.39 bits per heavy atom. The quantitative estimate of drug-likeness (QED) is 0.838. The van der Waals surface area contributed by atoms with Crippen LogP contribution in [0.4, 0.5) is 0 Å². The number of hydrogen-bond donors (Lipinski definition) is 2. The second-order valence-corrected chi connectivity index (χ2v) is 5.73. The van der Waals surface area contributed by atoms with Gasteiger partial charge in [0.1, 0.15) is 0 Å². The van der Waals surface area contributed by atoms with E-state index in [-0.39, 0.29) is 6.61 Å². The molecule has 0 unspecified atom stereocenters. The third-order valence-corrected chi connectivity index (χ3v) is 4.01. The minimum atomic E-state index is 0.127. The molecule has 2 aromatic heterocycles. The van der Waals surface area contributed by atoms with E-state index in [1.165, 1.54) is 15.3 Å². The monoisotopic (exact) mass is 265 g/mol. The summed E-state index contributed by atoms with van der Waals surface area (Å²) in [5, 5.41) is 16.4. The number of aromatic nitrogens is 2. The van der Waals surface area contributed by atoms with Gasteiger partial charge in [0, 0.05) is 34.6 Å². The molecule has 0 saturated carbocycles. The van der Waals surface area contributed by atoms with Crippen LogP contribution in [0.2, 0.25) is 0 Å². The van der Waals surface area contributed by atoms with Crippen LogP contribution in [0.3, 0.4) is 0 Å². The van der Waals surface area contributed by atoms with Gasteiger partial charge in [-0.05, 0) is 25.5 Å². The van der Waals surface area contributed by atoms with E-state index in [2.05, 4.69) is 30.3 Å². The van der Waals surface area contributed by atoms with Gasteiger partial charge in [-0.2, -0.15) is 5.10 Å².